The van der Waals surface area contributed by atoms with Gasteiger partial charge in [0.1, 0.15) is 0 Å². The zero-order chi connectivity index (χ0) is 14.3. The smallest absolute Gasteiger partial charge is 0.217 e. The maximum atomic E-state index is 10.7. The molecule has 1 amide bonds. The Balaban J connectivity index is 0. The molecule has 0 aromatic carbocycles. The van der Waals surface area contributed by atoms with Crippen molar-refractivity contribution in [1.82, 2.24) is 0 Å². The Morgan fingerprint density at radius 2 is 1.47 bits per heavy atom. The zero-order valence-corrected chi connectivity index (χ0v) is 13.2. The number of nitrogens with two attached hydrogens (primary N) is 1. The van der Waals surface area contributed by atoms with E-state index in [-0.39, 0.29) is 16.7 Å². The predicted molar refractivity (Wildman–Crippen MR) is 76.8 cm³/mol. The Morgan fingerprint density at radius 3 is 1.65 bits per heavy atom. The van der Waals surface area contributed by atoms with Gasteiger partial charge in [0, 0.05) is 6.42 Å². The van der Waals surface area contributed by atoms with Gasteiger partial charge in [-0.15, -0.1) is 0 Å². The topological polar surface area (TPSA) is 43.1 Å². The first-order valence-electron chi connectivity index (χ1n) is 6.68. The highest BCUT2D eigenvalue weighted by molar-refractivity contribution is 5.74. The monoisotopic (exact) mass is 243 g/mol. The van der Waals surface area contributed by atoms with Gasteiger partial charge >= 0.3 is 0 Å². The molecule has 0 saturated heterocycles. The van der Waals surface area contributed by atoms with E-state index in [1.54, 1.807) is 0 Å². The average molecular weight is 243 g/mol. The van der Waals surface area contributed by atoms with Crippen molar-refractivity contribution in [3.8, 4) is 0 Å². The van der Waals surface area contributed by atoms with Crippen molar-refractivity contribution < 1.29 is 4.79 Å². The van der Waals surface area contributed by atoms with Gasteiger partial charge in [-0.3, -0.25) is 4.79 Å². The SMILES string of the molecule is CC(C)(C)CC(C)(C)CC(N)=O.CCC(C)C. The fraction of sp³-hybridized carbons (Fsp3) is 0.933. The van der Waals surface area contributed by atoms with Gasteiger partial charge in [0.2, 0.25) is 5.91 Å². The molecule has 0 spiro atoms. The largest absolute Gasteiger partial charge is 0.370 e. The first-order chi connectivity index (χ1) is 7.39. The molecule has 0 aliphatic heterocycles. The third kappa shape index (κ3) is 18.1. The van der Waals surface area contributed by atoms with Crippen LogP contribution in [0.25, 0.3) is 0 Å². The van der Waals surface area contributed by atoms with E-state index < -0.39 is 0 Å². The Kier molecular flexibility index (Phi) is 8.56. The van der Waals surface area contributed by atoms with Gasteiger partial charge < -0.3 is 5.73 Å². The van der Waals surface area contributed by atoms with Crippen LogP contribution in [0.3, 0.4) is 0 Å². The highest BCUT2D eigenvalue weighted by atomic mass is 16.1. The predicted octanol–water partition coefficient (Wildman–Crippen LogP) is 4.38. The molecule has 0 aromatic heterocycles. The molecule has 0 rings (SSSR count). The van der Waals surface area contributed by atoms with Crippen molar-refractivity contribution >= 4 is 5.91 Å². The minimum Gasteiger partial charge on any atom is -0.370 e. The van der Waals surface area contributed by atoms with Crippen LogP contribution < -0.4 is 5.73 Å². The minimum absolute atomic E-state index is 0.0318. The Hall–Kier alpha value is -0.530. The van der Waals surface area contributed by atoms with Crippen LogP contribution in [0.15, 0.2) is 0 Å². The second-order valence-electron chi connectivity index (χ2n) is 7.35. The first-order valence-corrected chi connectivity index (χ1v) is 6.68. The number of carbonyl (C=O) groups is 1. The Morgan fingerprint density at radius 1 is 1.12 bits per heavy atom. The van der Waals surface area contributed by atoms with E-state index in [9.17, 15) is 4.79 Å². The van der Waals surface area contributed by atoms with Gasteiger partial charge in [-0.1, -0.05) is 61.8 Å². The summed E-state index contributed by atoms with van der Waals surface area (Å²) >= 11 is 0. The molecule has 0 heterocycles. The number of primary amides is 1. The lowest BCUT2D eigenvalue weighted by Crippen LogP contribution is -2.26. The second kappa shape index (κ2) is 7.73. The lowest BCUT2D eigenvalue weighted by atomic mass is 9.74. The van der Waals surface area contributed by atoms with Gasteiger partial charge in [0.05, 0.1) is 0 Å². The van der Waals surface area contributed by atoms with E-state index in [4.69, 9.17) is 5.73 Å². The molecule has 0 bridgehead atoms. The third-order valence-electron chi connectivity index (χ3n) is 2.48. The Bertz CT molecular complexity index is 211. The standard InChI is InChI=1S/C10H21NO.C5H12/c1-9(2,3)7-10(4,5)6-8(11)12;1-4-5(2)3/h6-7H2,1-5H3,(H2,11,12);5H,4H2,1-3H3. The Labute approximate surface area is 108 Å². The second-order valence-corrected chi connectivity index (χ2v) is 7.35. The summed E-state index contributed by atoms with van der Waals surface area (Å²) in [6.45, 7) is 17.3. The van der Waals surface area contributed by atoms with Gasteiger partial charge in [0.25, 0.3) is 0 Å². The van der Waals surface area contributed by atoms with Crippen molar-refractivity contribution in [3.63, 3.8) is 0 Å². The molecule has 2 heteroatoms. The van der Waals surface area contributed by atoms with Crippen LogP contribution in [0, 0.1) is 16.7 Å². The maximum Gasteiger partial charge on any atom is 0.217 e. The van der Waals surface area contributed by atoms with E-state index in [2.05, 4.69) is 55.4 Å². The van der Waals surface area contributed by atoms with E-state index >= 15 is 0 Å². The summed E-state index contributed by atoms with van der Waals surface area (Å²) in [5, 5.41) is 0. The molecule has 0 unspecified atom stereocenters. The summed E-state index contributed by atoms with van der Waals surface area (Å²) in [5.41, 5.74) is 5.45. The highest BCUT2D eigenvalue weighted by Crippen LogP contribution is 2.35. The molecule has 0 atom stereocenters. The van der Waals surface area contributed by atoms with Gasteiger partial charge in [0.15, 0.2) is 0 Å². The molecule has 0 aliphatic carbocycles. The third-order valence-corrected chi connectivity index (χ3v) is 2.48. The van der Waals surface area contributed by atoms with E-state index in [1.807, 2.05) is 0 Å². The van der Waals surface area contributed by atoms with Crippen LogP contribution in [0.5, 0.6) is 0 Å². The summed E-state index contributed by atoms with van der Waals surface area (Å²) in [4.78, 5) is 10.7. The number of amides is 1. The van der Waals surface area contributed by atoms with Crippen LogP contribution in [0.2, 0.25) is 0 Å². The lowest BCUT2D eigenvalue weighted by Gasteiger charge is -2.31. The van der Waals surface area contributed by atoms with Crippen LogP contribution in [-0.2, 0) is 4.79 Å². The molecule has 0 saturated carbocycles. The normalized spacial score (nSPS) is 12.1. The molecular weight excluding hydrogens is 210 g/mol. The molecule has 0 aliphatic rings. The van der Waals surface area contributed by atoms with Crippen molar-refractivity contribution in [3.05, 3.63) is 0 Å². The fourth-order valence-corrected chi connectivity index (χ4v) is 1.97. The van der Waals surface area contributed by atoms with E-state index in [0.717, 1.165) is 12.3 Å². The van der Waals surface area contributed by atoms with Crippen molar-refractivity contribution in [2.45, 2.75) is 74.7 Å². The van der Waals surface area contributed by atoms with Gasteiger partial charge in [-0.05, 0) is 23.2 Å². The zero-order valence-electron chi connectivity index (χ0n) is 13.2. The quantitative estimate of drug-likeness (QED) is 0.782. The number of rotatable bonds is 4. The molecule has 104 valence electrons. The number of hydrogen-bond acceptors (Lipinski definition) is 1. The van der Waals surface area contributed by atoms with Crippen molar-refractivity contribution in [2.75, 3.05) is 0 Å². The molecule has 0 aromatic rings. The van der Waals surface area contributed by atoms with Crippen molar-refractivity contribution in [2.24, 2.45) is 22.5 Å². The summed E-state index contributed by atoms with van der Waals surface area (Å²) in [6.07, 6.45) is 2.80. The number of carbonyl (C=O) groups excluding carboxylic acids is 1. The average Bonchev–Trinajstić information content (AvgIpc) is 1.97. The van der Waals surface area contributed by atoms with Gasteiger partial charge in [-0.25, -0.2) is 0 Å². The molecular formula is C15H33NO. The molecule has 17 heavy (non-hydrogen) atoms. The first kappa shape index (κ1) is 18.8. The summed E-state index contributed by atoms with van der Waals surface area (Å²) in [6, 6.07) is 0. The molecule has 0 radical (unpaired) electrons. The minimum atomic E-state index is -0.204. The molecule has 2 N–H and O–H groups in total. The van der Waals surface area contributed by atoms with Crippen molar-refractivity contribution in [1.29, 1.82) is 0 Å². The highest BCUT2D eigenvalue weighted by Gasteiger charge is 2.26. The van der Waals surface area contributed by atoms with E-state index in [1.165, 1.54) is 6.42 Å². The summed E-state index contributed by atoms with van der Waals surface area (Å²) < 4.78 is 0. The van der Waals surface area contributed by atoms with Gasteiger partial charge in [-0.2, -0.15) is 0 Å². The summed E-state index contributed by atoms with van der Waals surface area (Å²) in [7, 11) is 0. The van der Waals surface area contributed by atoms with Crippen LogP contribution in [0.4, 0.5) is 0 Å². The van der Waals surface area contributed by atoms with Crippen LogP contribution in [0.1, 0.15) is 74.7 Å². The molecule has 0 fully saturated rings. The number of hydrogen-bond donors (Lipinski definition) is 1. The van der Waals surface area contributed by atoms with Crippen LogP contribution >= 0.6 is 0 Å². The van der Waals surface area contributed by atoms with E-state index in [0.29, 0.717) is 6.42 Å². The molecule has 2 nitrogen and oxygen atoms in total. The summed E-state index contributed by atoms with van der Waals surface area (Å²) in [5.74, 6) is 0.680. The van der Waals surface area contributed by atoms with Crippen LogP contribution in [-0.4, -0.2) is 5.91 Å². The maximum absolute atomic E-state index is 10.7. The lowest BCUT2D eigenvalue weighted by molar-refractivity contribution is -0.120. The fourth-order valence-electron chi connectivity index (χ4n) is 1.97.